The molecule has 4 nitrogen and oxygen atoms in total. The van der Waals surface area contributed by atoms with E-state index < -0.39 is 0 Å². The van der Waals surface area contributed by atoms with Crippen LogP contribution in [0, 0.1) is 11.3 Å². The van der Waals surface area contributed by atoms with Crippen LogP contribution in [0.2, 0.25) is 0 Å². The third kappa shape index (κ3) is 12.0. The van der Waals surface area contributed by atoms with Crippen molar-refractivity contribution in [3.63, 3.8) is 0 Å². The van der Waals surface area contributed by atoms with Crippen LogP contribution in [-0.2, 0) is 16.1 Å². The number of anilines is 6. The summed E-state index contributed by atoms with van der Waals surface area (Å²) in [6.45, 7) is 11.3. The average Bonchev–Trinajstić information content (AvgIpc) is 3.29. The van der Waals surface area contributed by atoms with E-state index in [1.807, 2.05) is 0 Å². The highest BCUT2D eigenvalue weighted by molar-refractivity contribution is 7.47. The molecule has 0 aliphatic rings. The van der Waals surface area contributed by atoms with E-state index in [2.05, 4.69) is 195 Å². The van der Waals surface area contributed by atoms with Gasteiger partial charge in [0.2, 0.25) is 0 Å². The van der Waals surface area contributed by atoms with Crippen LogP contribution in [-0.4, -0.2) is 33.7 Å². The highest BCUT2D eigenvalue weighted by Gasteiger charge is 2.25. The Kier molecular flexibility index (Phi) is 16.8. The summed E-state index contributed by atoms with van der Waals surface area (Å²) >= 11 is 0. The SMILES string of the molecule is [B]COCC(CC)COCc1cccc(N(c2ccccc2)c2ccc(-c3ccc(N(c4ccccc4)c4cccc(PCC(CC)(CC)CCCC)c4)cc3)cc2)c1. The summed E-state index contributed by atoms with van der Waals surface area (Å²) in [6.07, 6.45) is 8.67. The lowest BCUT2D eigenvalue weighted by Gasteiger charge is -2.32. The highest BCUT2D eigenvalue weighted by atomic mass is 31.1. The van der Waals surface area contributed by atoms with Crippen molar-refractivity contribution in [1.29, 1.82) is 0 Å². The summed E-state index contributed by atoms with van der Waals surface area (Å²) in [5.41, 5.74) is 10.7. The van der Waals surface area contributed by atoms with Gasteiger partial charge < -0.3 is 19.3 Å². The van der Waals surface area contributed by atoms with Gasteiger partial charge in [0.05, 0.1) is 19.8 Å². The second kappa shape index (κ2) is 22.6. The Hall–Kier alpha value is -4.67. The monoisotopic (exact) mass is 800 g/mol. The Morgan fingerprint density at radius 3 is 1.59 bits per heavy atom. The van der Waals surface area contributed by atoms with Gasteiger partial charge in [-0.25, -0.2) is 0 Å². The van der Waals surface area contributed by atoms with Crippen molar-refractivity contribution in [3.8, 4) is 11.1 Å². The van der Waals surface area contributed by atoms with Gasteiger partial charge in [-0.05, 0) is 119 Å². The Morgan fingerprint density at radius 2 is 1.07 bits per heavy atom. The number of hydrogen-bond donors (Lipinski definition) is 0. The lowest BCUT2D eigenvalue weighted by molar-refractivity contribution is 0.0434. The quantitative estimate of drug-likeness (QED) is 0.0476. The predicted octanol–water partition coefficient (Wildman–Crippen LogP) is 14.3. The molecule has 0 saturated carbocycles. The fourth-order valence-corrected chi connectivity index (χ4v) is 9.56. The van der Waals surface area contributed by atoms with Gasteiger partial charge in [0.15, 0.2) is 0 Å². The largest absolute Gasteiger partial charge is 0.391 e. The third-order valence-electron chi connectivity index (χ3n) is 11.8. The molecular formula is C53H62BN2O2P. The highest BCUT2D eigenvalue weighted by Crippen LogP contribution is 2.41. The molecule has 0 spiro atoms. The van der Waals surface area contributed by atoms with Crippen LogP contribution < -0.4 is 15.1 Å². The molecule has 6 rings (SSSR count). The molecule has 0 N–H and O–H groups in total. The van der Waals surface area contributed by atoms with Crippen LogP contribution in [0.3, 0.4) is 0 Å². The second-order valence-corrected chi connectivity index (χ2v) is 16.9. The van der Waals surface area contributed by atoms with Crippen LogP contribution in [0.15, 0.2) is 158 Å². The molecule has 6 aromatic carbocycles. The summed E-state index contributed by atoms with van der Waals surface area (Å²) in [6, 6.07) is 57.1. The minimum absolute atomic E-state index is 0.239. The van der Waals surface area contributed by atoms with Gasteiger partial charge in [0.1, 0.15) is 7.85 Å². The first-order valence-electron chi connectivity index (χ1n) is 21.7. The molecule has 0 amide bonds. The fraction of sp³-hybridized carbons (Fsp3) is 0.321. The summed E-state index contributed by atoms with van der Waals surface area (Å²) in [4.78, 5) is 4.70. The van der Waals surface area contributed by atoms with E-state index in [0.717, 1.165) is 49.0 Å². The van der Waals surface area contributed by atoms with Crippen LogP contribution in [0.1, 0.15) is 71.8 Å². The Morgan fingerprint density at radius 1 is 0.559 bits per heavy atom. The third-order valence-corrected chi connectivity index (χ3v) is 13.4. The smallest absolute Gasteiger partial charge is 0.104 e. The number of ether oxygens (including phenoxy) is 2. The Bertz CT molecular complexity index is 2110. The standard InChI is InChI=1S/C53H62BN2O2P/c1-5-9-34-53(7-3,8-4)40-59-52-25-17-24-51(36-52)56(47-21-14-11-15-22-47)49-32-28-45(29-33-49)44-26-30-48(31-27-44)55(46-19-12-10-13-20-46)50-23-16-18-43(35-50)39-57-37-42(6-2)38-58-41-54/h10-33,35-36,42,59H,5-9,34,37-41H2,1-4H3. The molecule has 0 heterocycles. The van der Waals surface area contributed by atoms with Gasteiger partial charge in [-0.3, -0.25) is 0 Å². The number of nitrogens with zero attached hydrogens (tertiary/aromatic N) is 2. The van der Waals surface area contributed by atoms with Crippen molar-refractivity contribution in [2.24, 2.45) is 11.3 Å². The van der Waals surface area contributed by atoms with Crippen molar-refractivity contribution in [3.05, 3.63) is 163 Å². The van der Waals surface area contributed by atoms with E-state index in [-0.39, 0.29) is 6.51 Å². The summed E-state index contributed by atoms with van der Waals surface area (Å²) in [7, 11) is 6.34. The zero-order valence-electron chi connectivity index (χ0n) is 35.7. The van der Waals surface area contributed by atoms with Gasteiger partial charge in [-0.1, -0.05) is 147 Å². The maximum atomic E-state index is 6.16. The molecule has 59 heavy (non-hydrogen) atoms. The number of unbranched alkanes of at least 4 members (excludes halogenated alkanes) is 1. The van der Waals surface area contributed by atoms with E-state index in [4.69, 9.17) is 17.3 Å². The van der Waals surface area contributed by atoms with Gasteiger partial charge in [0.25, 0.3) is 0 Å². The van der Waals surface area contributed by atoms with Crippen molar-refractivity contribution in [2.45, 2.75) is 72.8 Å². The van der Waals surface area contributed by atoms with Gasteiger partial charge >= 0.3 is 0 Å². The number of benzene rings is 6. The molecule has 2 unspecified atom stereocenters. The van der Waals surface area contributed by atoms with Gasteiger partial charge in [-0.2, -0.15) is 0 Å². The molecule has 0 aliphatic carbocycles. The molecule has 6 heteroatoms. The zero-order valence-corrected chi connectivity index (χ0v) is 36.7. The first kappa shape index (κ1) is 43.9. The first-order chi connectivity index (χ1) is 29.0. The van der Waals surface area contributed by atoms with Crippen LogP contribution >= 0.6 is 8.58 Å². The maximum Gasteiger partial charge on any atom is 0.104 e. The maximum absolute atomic E-state index is 6.16. The molecule has 0 fully saturated rings. The first-order valence-corrected chi connectivity index (χ1v) is 22.9. The van der Waals surface area contributed by atoms with Gasteiger partial charge in [0, 0.05) is 46.5 Å². The Balaban J connectivity index is 1.22. The van der Waals surface area contributed by atoms with E-state index in [1.165, 1.54) is 60.4 Å². The van der Waals surface area contributed by atoms with Crippen molar-refractivity contribution in [1.82, 2.24) is 0 Å². The van der Waals surface area contributed by atoms with Crippen LogP contribution in [0.25, 0.3) is 11.1 Å². The molecule has 2 radical (unpaired) electrons. The predicted molar refractivity (Wildman–Crippen MR) is 257 cm³/mol. The zero-order chi connectivity index (χ0) is 41.3. The molecular weight excluding hydrogens is 738 g/mol. The molecule has 2 atom stereocenters. The van der Waals surface area contributed by atoms with Crippen LogP contribution in [0.4, 0.5) is 34.1 Å². The minimum Gasteiger partial charge on any atom is -0.391 e. The minimum atomic E-state index is 0.239. The van der Waals surface area contributed by atoms with Crippen molar-refractivity contribution >= 4 is 55.9 Å². The number of hydrogen-bond acceptors (Lipinski definition) is 4. The van der Waals surface area contributed by atoms with Crippen LogP contribution in [0.5, 0.6) is 0 Å². The molecule has 6 aromatic rings. The van der Waals surface area contributed by atoms with Crippen molar-refractivity contribution < 1.29 is 9.47 Å². The summed E-state index contributed by atoms with van der Waals surface area (Å²) in [5.74, 6) is 0.328. The summed E-state index contributed by atoms with van der Waals surface area (Å²) in [5, 5.41) is 1.43. The Labute approximate surface area is 358 Å². The van der Waals surface area contributed by atoms with Gasteiger partial charge in [-0.15, -0.1) is 0 Å². The number of para-hydroxylation sites is 2. The van der Waals surface area contributed by atoms with E-state index in [9.17, 15) is 0 Å². The fourth-order valence-electron chi connectivity index (χ4n) is 7.84. The lowest BCUT2D eigenvalue weighted by Crippen LogP contribution is -2.22. The van der Waals surface area contributed by atoms with E-state index in [0.29, 0.717) is 31.2 Å². The topological polar surface area (TPSA) is 24.9 Å². The molecule has 0 saturated heterocycles. The summed E-state index contributed by atoms with van der Waals surface area (Å²) < 4.78 is 11.6. The average molecular weight is 801 g/mol. The lowest BCUT2D eigenvalue weighted by atomic mass is 9.80. The molecule has 0 aliphatic heterocycles. The normalized spacial score (nSPS) is 12.2. The van der Waals surface area contributed by atoms with Crippen molar-refractivity contribution in [2.75, 3.05) is 35.7 Å². The molecule has 304 valence electrons. The second-order valence-electron chi connectivity index (χ2n) is 15.6. The molecule has 0 bridgehead atoms. The van der Waals surface area contributed by atoms with E-state index in [1.54, 1.807) is 0 Å². The molecule has 0 aromatic heterocycles. The van der Waals surface area contributed by atoms with E-state index >= 15 is 0 Å². The number of rotatable bonds is 23.